The van der Waals surface area contributed by atoms with Gasteiger partial charge in [-0.25, -0.2) is 0 Å². The molecule has 0 amide bonds. The first-order chi connectivity index (χ1) is 4.47. The van der Waals surface area contributed by atoms with Crippen molar-refractivity contribution >= 4 is 18.0 Å². The molecular formula is C7H11NS. The van der Waals surface area contributed by atoms with Crippen molar-refractivity contribution in [3.63, 3.8) is 0 Å². The summed E-state index contributed by atoms with van der Waals surface area (Å²) in [6, 6.07) is 0. The monoisotopic (exact) mass is 141 g/mol. The van der Waals surface area contributed by atoms with Crippen molar-refractivity contribution in [3.05, 3.63) is 0 Å². The lowest BCUT2D eigenvalue weighted by molar-refractivity contribution is 0.474. The number of fused-ring (bicyclic) bond motifs is 1. The molecule has 2 aliphatic heterocycles. The molecule has 0 aromatic heterocycles. The van der Waals surface area contributed by atoms with Crippen LogP contribution < -0.4 is 0 Å². The topological polar surface area (TPSA) is 12.4 Å². The summed E-state index contributed by atoms with van der Waals surface area (Å²) in [7, 11) is 0. The van der Waals surface area contributed by atoms with Crippen LogP contribution in [0, 0.1) is 11.8 Å². The van der Waals surface area contributed by atoms with E-state index in [0.29, 0.717) is 0 Å². The van der Waals surface area contributed by atoms with Crippen molar-refractivity contribution in [3.8, 4) is 0 Å². The van der Waals surface area contributed by atoms with Gasteiger partial charge in [0.05, 0.1) is 0 Å². The van der Waals surface area contributed by atoms with Crippen LogP contribution in [-0.4, -0.2) is 24.3 Å². The third-order valence-electron chi connectivity index (χ3n) is 2.17. The molecule has 2 aliphatic rings. The zero-order chi connectivity index (χ0) is 6.10. The fourth-order valence-electron chi connectivity index (χ4n) is 1.53. The number of hydrogen-bond acceptors (Lipinski definition) is 2. The molecule has 2 atom stereocenters. The summed E-state index contributed by atoms with van der Waals surface area (Å²) < 4.78 is 0. The van der Waals surface area contributed by atoms with Crippen molar-refractivity contribution in [1.82, 2.24) is 0 Å². The maximum atomic E-state index is 4.28. The summed E-state index contributed by atoms with van der Waals surface area (Å²) in [5.74, 6) is 4.53. The first-order valence-corrected chi connectivity index (χ1v) is 4.70. The van der Waals surface area contributed by atoms with E-state index in [1.165, 1.54) is 17.9 Å². The molecule has 0 aromatic rings. The van der Waals surface area contributed by atoms with Gasteiger partial charge in [-0.2, -0.15) is 11.8 Å². The molecular weight excluding hydrogens is 130 g/mol. The van der Waals surface area contributed by atoms with Gasteiger partial charge in [-0.05, 0) is 18.1 Å². The highest BCUT2D eigenvalue weighted by atomic mass is 32.2. The smallest absolute Gasteiger partial charge is 0.0388 e. The van der Waals surface area contributed by atoms with E-state index in [1.54, 1.807) is 0 Å². The maximum absolute atomic E-state index is 4.28. The maximum Gasteiger partial charge on any atom is 0.0388 e. The number of hydrogen-bond donors (Lipinski definition) is 0. The zero-order valence-corrected chi connectivity index (χ0v) is 6.23. The summed E-state index contributed by atoms with van der Waals surface area (Å²) in [4.78, 5) is 4.28. The molecule has 1 fully saturated rings. The van der Waals surface area contributed by atoms with Gasteiger partial charge in [0, 0.05) is 24.4 Å². The zero-order valence-electron chi connectivity index (χ0n) is 5.42. The number of rotatable bonds is 0. The van der Waals surface area contributed by atoms with Gasteiger partial charge in [-0.1, -0.05) is 0 Å². The average molecular weight is 141 g/mol. The van der Waals surface area contributed by atoms with Crippen LogP contribution in [-0.2, 0) is 0 Å². The van der Waals surface area contributed by atoms with Crippen LogP contribution in [0.15, 0.2) is 4.99 Å². The second-order valence-electron chi connectivity index (χ2n) is 2.81. The van der Waals surface area contributed by atoms with Gasteiger partial charge < -0.3 is 0 Å². The van der Waals surface area contributed by atoms with E-state index in [0.717, 1.165) is 18.4 Å². The van der Waals surface area contributed by atoms with Crippen molar-refractivity contribution < 1.29 is 0 Å². The number of aliphatic imine (C=N–C) groups is 1. The Labute approximate surface area is 59.9 Å². The normalized spacial score (nSPS) is 40.9. The fraction of sp³-hybridized carbons (Fsp3) is 0.857. The van der Waals surface area contributed by atoms with E-state index in [2.05, 4.69) is 23.0 Å². The predicted octanol–water partition coefficient (Wildman–Crippen LogP) is 1.44. The molecule has 2 heterocycles. The van der Waals surface area contributed by atoms with Gasteiger partial charge in [0.2, 0.25) is 0 Å². The van der Waals surface area contributed by atoms with Gasteiger partial charge >= 0.3 is 0 Å². The fourth-order valence-corrected chi connectivity index (χ4v) is 3.01. The Morgan fingerprint density at radius 3 is 3.33 bits per heavy atom. The van der Waals surface area contributed by atoms with Crippen molar-refractivity contribution in [2.75, 3.05) is 18.1 Å². The molecule has 0 spiro atoms. The number of thioether (sulfide) groups is 1. The molecule has 2 rings (SSSR count). The van der Waals surface area contributed by atoms with Crippen molar-refractivity contribution in [1.29, 1.82) is 0 Å². The lowest BCUT2D eigenvalue weighted by atomic mass is 9.92. The van der Waals surface area contributed by atoms with Crippen LogP contribution >= 0.6 is 11.8 Å². The van der Waals surface area contributed by atoms with Crippen LogP contribution in [0.3, 0.4) is 0 Å². The lowest BCUT2D eigenvalue weighted by Gasteiger charge is -2.17. The predicted molar refractivity (Wildman–Crippen MR) is 42.3 cm³/mol. The molecule has 0 bridgehead atoms. The molecule has 9 heavy (non-hydrogen) atoms. The molecule has 2 heteroatoms. The minimum absolute atomic E-state index is 0.837. The molecule has 1 saturated heterocycles. The summed E-state index contributed by atoms with van der Waals surface area (Å²) in [6.45, 7) is 1.09. The van der Waals surface area contributed by atoms with E-state index in [9.17, 15) is 0 Å². The second-order valence-corrected chi connectivity index (χ2v) is 3.88. The minimum atomic E-state index is 0.837. The van der Waals surface area contributed by atoms with E-state index >= 15 is 0 Å². The Balaban J connectivity index is 2.10. The Morgan fingerprint density at radius 1 is 1.44 bits per heavy atom. The van der Waals surface area contributed by atoms with Crippen LogP contribution in [0.25, 0.3) is 0 Å². The van der Waals surface area contributed by atoms with Crippen LogP contribution in [0.2, 0.25) is 0 Å². The summed E-state index contributed by atoms with van der Waals surface area (Å²) in [5, 5.41) is 0. The largest absolute Gasteiger partial charge is 0.297 e. The van der Waals surface area contributed by atoms with Crippen LogP contribution in [0.4, 0.5) is 0 Å². The van der Waals surface area contributed by atoms with Crippen LogP contribution in [0.5, 0.6) is 0 Å². The molecule has 0 aliphatic carbocycles. The van der Waals surface area contributed by atoms with E-state index < -0.39 is 0 Å². The third kappa shape index (κ3) is 1.00. The quantitative estimate of drug-likeness (QED) is 0.497. The van der Waals surface area contributed by atoms with Gasteiger partial charge in [0.1, 0.15) is 0 Å². The van der Waals surface area contributed by atoms with Crippen molar-refractivity contribution in [2.45, 2.75) is 6.42 Å². The lowest BCUT2D eigenvalue weighted by Crippen LogP contribution is -2.18. The van der Waals surface area contributed by atoms with Gasteiger partial charge in [0.25, 0.3) is 0 Å². The highest BCUT2D eigenvalue weighted by Crippen LogP contribution is 2.32. The molecule has 0 radical (unpaired) electrons. The Bertz CT molecular complexity index is 133. The third-order valence-corrected chi connectivity index (χ3v) is 3.46. The minimum Gasteiger partial charge on any atom is -0.297 e. The standard InChI is InChI=1S/C7H11NS/c1-2-8-3-7-5-9-4-6(1)7/h3,6-7H,1-2,4-5H2. The first kappa shape index (κ1) is 5.78. The summed E-state index contributed by atoms with van der Waals surface area (Å²) >= 11 is 2.09. The van der Waals surface area contributed by atoms with Gasteiger partial charge in [-0.3, -0.25) is 4.99 Å². The van der Waals surface area contributed by atoms with Gasteiger partial charge in [0.15, 0.2) is 0 Å². The van der Waals surface area contributed by atoms with E-state index in [4.69, 9.17) is 0 Å². The molecule has 0 N–H and O–H groups in total. The second kappa shape index (κ2) is 2.33. The summed E-state index contributed by atoms with van der Waals surface area (Å²) in [5.41, 5.74) is 0. The SMILES string of the molecule is C1=NCCC2CSCC12. The van der Waals surface area contributed by atoms with E-state index in [1.807, 2.05) is 0 Å². The first-order valence-electron chi connectivity index (χ1n) is 3.54. The van der Waals surface area contributed by atoms with Crippen LogP contribution in [0.1, 0.15) is 6.42 Å². The molecule has 50 valence electrons. The molecule has 2 unspecified atom stereocenters. The van der Waals surface area contributed by atoms with Crippen molar-refractivity contribution in [2.24, 2.45) is 16.8 Å². The molecule has 0 aromatic carbocycles. The van der Waals surface area contributed by atoms with E-state index in [-0.39, 0.29) is 0 Å². The summed E-state index contributed by atoms with van der Waals surface area (Å²) in [6.07, 6.45) is 3.52. The Hall–Kier alpha value is 0.0200. The average Bonchev–Trinajstić information content (AvgIpc) is 2.33. The van der Waals surface area contributed by atoms with Gasteiger partial charge in [-0.15, -0.1) is 0 Å². The number of nitrogens with zero attached hydrogens (tertiary/aromatic N) is 1. The Morgan fingerprint density at radius 2 is 2.44 bits per heavy atom. The molecule has 0 saturated carbocycles. The Kier molecular flexibility index (Phi) is 1.50. The highest BCUT2D eigenvalue weighted by molar-refractivity contribution is 7.99. The molecule has 1 nitrogen and oxygen atoms in total. The highest BCUT2D eigenvalue weighted by Gasteiger charge is 2.27.